The summed E-state index contributed by atoms with van der Waals surface area (Å²) >= 11 is 0. The Hall–Kier alpha value is -1.59. The first-order valence-electron chi connectivity index (χ1n) is 6.46. The van der Waals surface area contributed by atoms with Gasteiger partial charge in [-0.25, -0.2) is 0 Å². The molecule has 0 heterocycles. The highest BCUT2D eigenvalue weighted by Crippen LogP contribution is 2.16. The molecule has 3 N–H and O–H groups in total. The van der Waals surface area contributed by atoms with Gasteiger partial charge in [-0.1, -0.05) is 29.8 Å². The molecule has 1 unspecified atom stereocenters. The van der Waals surface area contributed by atoms with Gasteiger partial charge in [0.05, 0.1) is 12.5 Å². The summed E-state index contributed by atoms with van der Waals surface area (Å²) in [6.07, 6.45) is 0. The summed E-state index contributed by atoms with van der Waals surface area (Å²) in [6.45, 7) is 5.55. The number of aryl methyl sites for hydroxylation is 1. The first-order chi connectivity index (χ1) is 9.27. The van der Waals surface area contributed by atoms with Crippen molar-refractivity contribution in [3.8, 4) is 0 Å². The third-order valence-corrected chi connectivity index (χ3v) is 3.16. The molecule has 5 nitrogen and oxygen atoms in total. The normalized spacial score (nSPS) is 12.0. The van der Waals surface area contributed by atoms with Crippen molar-refractivity contribution < 1.29 is 14.3 Å². The van der Waals surface area contributed by atoms with E-state index in [1.165, 1.54) is 7.11 Å². The molecule has 6 heteroatoms. The fourth-order valence-corrected chi connectivity index (χ4v) is 1.69. The molecule has 0 spiro atoms. The molecule has 0 fully saturated rings. The number of benzene rings is 1. The quantitative estimate of drug-likeness (QED) is 0.811. The summed E-state index contributed by atoms with van der Waals surface area (Å²) in [7, 11) is 1.32. The molecule has 118 valence electrons. The van der Waals surface area contributed by atoms with Crippen LogP contribution in [-0.2, 0) is 14.3 Å². The van der Waals surface area contributed by atoms with Crippen LogP contribution in [0.25, 0.3) is 0 Å². The number of ether oxygens (including phenoxy) is 1. The van der Waals surface area contributed by atoms with Crippen LogP contribution < -0.4 is 11.1 Å². The molecular weight excluding hydrogens is 292 g/mol. The zero-order chi connectivity index (χ0) is 15.3. The molecule has 0 bridgehead atoms. The van der Waals surface area contributed by atoms with Crippen LogP contribution in [0.4, 0.5) is 0 Å². The highest BCUT2D eigenvalue weighted by molar-refractivity contribution is 5.85. The maximum Gasteiger partial charge on any atom is 0.313 e. The van der Waals surface area contributed by atoms with E-state index in [1.807, 2.05) is 31.2 Å². The summed E-state index contributed by atoms with van der Waals surface area (Å²) in [6, 6.07) is 6.71. The first-order valence-corrected chi connectivity index (χ1v) is 6.46. The number of methoxy groups -OCH3 is 1. The number of amides is 1. The summed E-state index contributed by atoms with van der Waals surface area (Å²) in [5.74, 6) is -0.687. The number of hydrogen-bond acceptors (Lipinski definition) is 4. The van der Waals surface area contributed by atoms with Crippen molar-refractivity contribution in [1.82, 2.24) is 5.32 Å². The lowest BCUT2D eigenvalue weighted by molar-refractivity contribution is -0.150. The summed E-state index contributed by atoms with van der Waals surface area (Å²) in [5.41, 5.74) is 6.96. The van der Waals surface area contributed by atoms with Crippen LogP contribution in [0.5, 0.6) is 0 Å². The molecule has 0 saturated carbocycles. The van der Waals surface area contributed by atoms with E-state index < -0.39 is 11.5 Å². The van der Waals surface area contributed by atoms with Crippen LogP contribution in [-0.4, -0.2) is 25.5 Å². The predicted octanol–water partition coefficient (Wildman–Crippen LogP) is 1.73. The van der Waals surface area contributed by atoms with E-state index in [0.717, 1.165) is 11.1 Å². The largest absolute Gasteiger partial charge is 0.469 e. The van der Waals surface area contributed by atoms with E-state index in [1.54, 1.807) is 13.8 Å². The van der Waals surface area contributed by atoms with Crippen molar-refractivity contribution in [2.45, 2.75) is 26.8 Å². The number of halogens is 1. The Kier molecular flexibility index (Phi) is 7.39. The Bertz CT molecular complexity index is 486. The standard InChI is InChI=1S/C15H22N2O3.ClH/c1-10-5-7-11(8-6-10)12(16)13(18)17-9-15(2,3)14(19)20-4;/h5-8,12H,9,16H2,1-4H3,(H,17,18);1H. The van der Waals surface area contributed by atoms with Gasteiger partial charge in [0.15, 0.2) is 0 Å². The van der Waals surface area contributed by atoms with E-state index in [-0.39, 0.29) is 30.8 Å². The van der Waals surface area contributed by atoms with Crippen LogP contribution >= 0.6 is 12.4 Å². The third kappa shape index (κ3) is 5.36. The van der Waals surface area contributed by atoms with Gasteiger partial charge in [-0.15, -0.1) is 12.4 Å². The summed E-state index contributed by atoms with van der Waals surface area (Å²) in [4.78, 5) is 23.5. The van der Waals surface area contributed by atoms with E-state index in [2.05, 4.69) is 10.1 Å². The minimum absolute atomic E-state index is 0. The molecule has 0 aliphatic carbocycles. The molecular formula is C15H23ClN2O3. The fraction of sp³-hybridized carbons (Fsp3) is 0.467. The molecule has 1 rings (SSSR count). The average molecular weight is 315 g/mol. The lowest BCUT2D eigenvalue weighted by atomic mass is 9.93. The van der Waals surface area contributed by atoms with Crippen LogP contribution in [0, 0.1) is 12.3 Å². The predicted molar refractivity (Wildman–Crippen MR) is 84.2 cm³/mol. The Morgan fingerprint density at radius 1 is 1.29 bits per heavy atom. The van der Waals surface area contributed by atoms with Gasteiger partial charge in [-0.3, -0.25) is 9.59 Å². The molecule has 0 aromatic heterocycles. The second-order valence-electron chi connectivity index (χ2n) is 5.48. The lowest BCUT2D eigenvalue weighted by Gasteiger charge is -2.23. The molecule has 1 aromatic rings. The maximum atomic E-state index is 12.0. The Balaban J connectivity index is 0.00000400. The van der Waals surface area contributed by atoms with Gasteiger partial charge in [0, 0.05) is 6.54 Å². The van der Waals surface area contributed by atoms with Crippen molar-refractivity contribution >= 4 is 24.3 Å². The number of hydrogen-bond donors (Lipinski definition) is 2. The summed E-state index contributed by atoms with van der Waals surface area (Å²) in [5, 5.41) is 2.69. The van der Waals surface area contributed by atoms with Crippen molar-refractivity contribution in [3.05, 3.63) is 35.4 Å². The maximum absolute atomic E-state index is 12.0. The average Bonchev–Trinajstić information content (AvgIpc) is 2.43. The van der Waals surface area contributed by atoms with E-state index >= 15 is 0 Å². The van der Waals surface area contributed by atoms with E-state index in [4.69, 9.17) is 5.73 Å². The Morgan fingerprint density at radius 2 is 1.81 bits per heavy atom. The first kappa shape index (κ1) is 19.4. The van der Waals surface area contributed by atoms with E-state index in [0.29, 0.717) is 0 Å². The zero-order valence-corrected chi connectivity index (χ0v) is 13.6. The van der Waals surface area contributed by atoms with Gasteiger partial charge >= 0.3 is 5.97 Å². The van der Waals surface area contributed by atoms with Crippen LogP contribution in [0.1, 0.15) is 31.0 Å². The fourth-order valence-electron chi connectivity index (χ4n) is 1.69. The number of esters is 1. The number of rotatable bonds is 5. The van der Waals surface area contributed by atoms with Crippen molar-refractivity contribution in [3.63, 3.8) is 0 Å². The molecule has 0 aliphatic heterocycles. The second kappa shape index (κ2) is 8.00. The van der Waals surface area contributed by atoms with Crippen molar-refractivity contribution in [2.24, 2.45) is 11.1 Å². The topological polar surface area (TPSA) is 81.4 Å². The summed E-state index contributed by atoms with van der Waals surface area (Å²) < 4.78 is 4.68. The highest BCUT2D eigenvalue weighted by Gasteiger charge is 2.30. The molecule has 21 heavy (non-hydrogen) atoms. The molecule has 0 saturated heterocycles. The zero-order valence-electron chi connectivity index (χ0n) is 12.8. The van der Waals surface area contributed by atoms with Gasteiger partial charge in [0.25, 0.3) is 0 Å². The van der Waals surface area contributed by atoms with Crippen LogP contribution in [0.3, 0.4) is 0 Å². The van der Waals surface area contributed by atoms with Crippen molar-refractivity contribution in [1.29, 1.82) is 0 Å². The monoisotopic (exact) mass is 314 g/mol. The molecule has 1 aromatic carbocycles. The van der Waals surface area contributed by atoms with Gasteiger partial charge in [0.2, 0.25) is 5.91 Å². The second-order valence-corrected chi connectivity index (χ2v) is 5.48. The number of nitrogens with two attached hydrogens (primary N) is 1. The Labute approximate surface area is 131 Å². The Morgan fingerprint density at radius 3 is 2.29 bits per heavy atom. The highest BCUT2D eigenvalue weighted by atomic mass is 35.5. The minimum Gasteiger partial charge on any atom is -0.469 e. The number of nitrogens with one attached hydrogen (secondary N) is 1. The lowest BCUT2D eigenvalue weighted by Crippen LogP contribution is -2.43. The molecule has 0 radical (unpaired) electrons. The third-order valence-electron chi connectivity index (χ3n) is 3.16. The minimum atomic E-state index is -0.780. The van der Waals surface area contributed by atoms with Crippen LogP contribution in [0.15, 0.2) is 24.3 Å². The number of carbonyl (C=O) groups is 2. The van der Waals surface area contributed by atoms with Crippen molar-refractivity contribution in [2.75, 3.05) is 13.7 Å². The number of carbonyl (C=O) groups excluding carboxylic acids is 2. The SMILES string of the molecule is COC(=O)C(C)(C)CNC(=O)C(N)c1ccc(C)cc1.Cl. The smallest absolute Gasteiger partial charge is 0.313 e. The van der Waals surface area contributed by atoms with Crippen LogP contribution in [0.2, 0.25) is 0 Å². The molecule has 1 atom stereocenters. The van der Waals surface area contributed by atoms with Gasteiger partial charge < -0.3 is 15.8 Å². The van der Waals surface area contributed by atoms with Gasteiger partial charge in [-0.2, -0.15) is 0 Å². The van der Waals surface area contributed by atoms with E-state index in [9.17, 15) is 9.59 Å². The molecule has 1 amide bonds. The van der Waals surface area contributed by atoms with Gasteiger partial charge in [0.1, 0.15) is 6.04 Å². The molecule has 0 aliphatic rings. The van der Waals surface area contributed by atoms with Gasteiger partial charge in [-0.05, 0) is 26.3 Å².